The van der Waals surface area contributed by atoms with E-state index >= 15 is 0 Å². The van der Waals surface area contributed by atoms with Crippen molar-refractivity contribution in [3.63, 3.8) is 0 Å². The Labute approximate surface area is 217 Å². The van der Waals surface area contributed by atoms with E-state index in [4.69, 9.17) is 4.42 Å². The Morgan fingerprint density at radius 1 is 0.919 bits per heavy atom. The molecule has 1 aliphatic rings. The molecule has 1 N–H and O–H groups in total. The largest absolute Gasteiger partial charge is 0.455 e. The van der Waals surface area contributed by atoms with Crippen LogP contribution in [0.15, 0.2) is 82.0 Å². The number of benzene rings is 3. The quantitative estimate of drug-likeness (QED) is 0.365. The third-order valence-electron chi connectivity index (χ3n) is 7.10. The molecule has 0 unspecified atom stereocenters. The predicted octanol–water partition coefficient (Wildman–Crippen LogP) is 5.02. The molecule has 190 valence electrons. The minimum absolute atomic E-state index is 0.112. The first kappa shape index (κ1) is 24.8. The van der Waals surface area contributed by atoms with Crippen molar-refractivity contribution in [2.75, 3.05) is 44.2 Å². The summed E-state index contributed by atoms with van der Waals surface area (Å²) in [6, 6.07) is 23.4. The molecular formula is C31H33N3O3. The molecule has 1 aliphatic heterocycles. The van der Waals surface area contributed by atoms with Gasteiger partial charge in [0.1, 0.15) is 5.76 Å². The Balaban J connectivity index is 1.20. The minimum atomic E-state index is -0.221. The van der Waals surface area contributed by atoms with Crippen molar-refractivity contribution >= 4 is 22.6 Å². The first-order chi connectivity index (χ1) is 18.0. The lowest BCUT2D eigenvalue weighted by atomic mass is 10.0. The highest BCUT2D eigenvalue weighted by Gasteiger charge is 2.19. The Kier molecular flexibility index (Phi) is 7.37. The van der Waals surface area contributed by atoms with Crippen LogP contribution in [0.3, 0.4) is 0 Å². The smallest absolute Gasteiger partial charge is 0.255 e. The number of fused-ring (bicyclic) bond motifs is 1. The van der Waals surface area contributed by atoms with Crippen molar-refractivity contribution in [1.29, 1.82) is 0 Å². The highest BCUT2D eigenvalue weighted by Crippen LogP contribution is 2.27. The second-order valence-electron chi connectivity index (χ2n) is 9.71. The number of anilines is 1. The first-order valence-corrected chi connectivity index (χ1v) is 13.0. The van der Waals surface area contributed by atoms with Gasteiger partial charge in [-0.25, -0.2) is 0 Å². The molecule has 1 fully saturated rings. The van der Waals surface area contributed by atoms with E-state index in [9.17, 15) is 9.59 Å². The van der Waals surface area contributed by atoms with Crippen LogP contribution in [0.25, 0.3) is 22.3 Å². The number of amides is 1. The number of hydrogen-bond donors (Lipinski definition) is 1. The number of carbonyl (C=O) groups excluding carboxylic acids is 1. The van der Waals surface area contributed by atoms with Crippen LogP contribution in [0.4, 0.5) is 5.69 Å². The average molecular weight is 496 g/mol. The molecule has 0 spiro atoms. The molecule has 0 bridgehead atoms. The van der Waals surface area contributed by atoms with Crippen LogP contribution in [0.2, 0.25) is 0 Å². The second kappa shape index (κ2) is 11.0. The molecule has 6 nitrogen and oxygen atoms in total. The van der Waals surface area contributed by atoms with Crippen LogP contribution < -0.4 is 15.6 Å². The normalized spacial score (nSPS) is 14.2. The standard InChI is InChI=1S/C31H33N3O3/c1-22-9-6-12-25(21-22)34-19-17-33(18-20-34)16-8-15-32-31(36)27-14-7-13-26-28(35)23(2)29(37-30(26)27)24-10-4-3-5-11-24/h3-7,9-14,21H,8,15-20H2,1-2H3,(H,32,36). The molecule has 0 saturated carbocycles. The Hall–Kier alpha value is -3.90. The molecule has 0 atom stereocenters. The number of nitrogens with zero attached hydrogens (tertiary/aromatic N) is 2. The van der Waals surface area contributed by atoms with Gasteiger partial charge >= 0.3 is 0 Å². The van der Waals surface area contributed by atoms with E-state index in [2.05, 4.69) is 46.3 Å². The van der Waals surface area contributed by atoms with E-state index in [1.54, 1.807) is 25.1 Å². The zero-order chi connectivity index (χ0) is 25.8. The molecule has 0 radical (unpaired) electrons. The zero-order valence-electron chi connectivity index (χ0n) is 21.5. The summed E-state index contributed by atoms with van der Waals surface area (Å²) in [6.45, 7) is 9.43. The molecular weight excluding hydrogens is 462 g/mol. The number of carbonyl (C=O) groups is 1. The Morgan fingerprint density at radius 3 is 2.43 bits per heavy atom. The van der Waals surface area contributed by atoms with Gasteiger partial charge < -0.3 is 14.6 Å². The fourth-order valence-electron chi connectivity index (χ4n) is 5.01. The summed E-state index contributed by atoms with van der Waals surface area (Å²) in [5.74, 6) is 0.282. The summed E-state index contributed by atoms with van der Waals surface area (Å²) >= 11 is 0. The van der Waals surface area contributed by atoms with Crippen molar-refractivity contribution in [2.24, 2.45) is 0 Å². The highest BCUT2D eigenvalue weighted by molar-refractivity contribution is 6.05. The summed E-state index contributed by atoms with van der Waals surface area (Å²) in [7, 11) is 0. The van der Waals surface area contributed by atoms with E-state index < -0.39 is 0 Å². The number of aryl methyl sites for hydroxylation is 1. The van der Waals surface area contributed by atoms with Crippen LogP contribution in [0, 0.1) is 13.8 Å². The fourth-order valence-corrected chi connectivity index (χ4v) is 5.01. The van der Waals surface area contributed by atoms with Gasteiger partial charge in [0.25, 0.3) is 5.91 Å². The van der Waals surface area contributed by atoms with E-state index in [-0.39, 0.29) is 11.3 Å². The van der Waals surface area contributed by atoms with Crippen LogP contribution in [0.1, 0.15) is 27.9 Å². The number of piperazine rings is 1. The third kappa shape index (κ3) is 5.44. The lowest BCUT2D eigenvalue weighted by molar-refractivity contribution is 0.0952. The molecule has 3 aromatic carbocycles. The van der Waals surface area contributed by atoms with Gasteiger partial charge in [0.05, 0.1) is 10.9 Å². The van der Waals surface area contributed by atoms with Gasteiger partial charge in [-0.05, 0) is 56.6 Å². The number of rotatable bonds is 7. The average Bonchev–Trinajstić information content (AvgIpc) is 2.93. The lowest BCUT2D eigenvalue weighted by Crippen LogP contribution is -2.47. The lowest BCUT2D eigenvalue weighted by Gasteiger charge is -2.36. The van der Waals surface area contributed by atoms with Crippen LogP contribution in [-0.4, -0.2) is 50.1 Å². The monoisotopic (exact) mass is 495 g/mol. The van der Waals surface area contributed by atoms with Crippen molar-refractivity contribution in [3.8, 4) is 11.3 Å². The van der Waals surface area contributed by atoms with E-state index in [1.807, 2.05) is 30.3 Å². The Bertz CT molecular complexity index is 1450. The second-order valence-corrected chi connectivity index (χ2v) is 9.71. The molecule has 37 heavy (non-hydrogen) atoms. The summed E-state index contributed by atoms with van der Waals surface area (Å²) in [6.07, 6.45) is 0.860. The number of nitrogens with one attached hydrogen (secondary N) is 1. The zero-order valence-corrected chi connectivity index (χ0v) is 21.5. The summed E-state index contributed by atoms with van der Waals surface area (Å²) in [5, 5.41) is 3.45. The van der Waals surface area contributed by atoms with Crippen LogP contribution in [0.5, 0.6) is 0 Å². The van der Waals surface area contributed by atoms with Crippen molar-refractivity contribution in [3.05, 3.63) is 99.7 Å². The molecule has 4 aromatic rings. The Morgan fingerprint density at radius 2 is 1.68 bits per heavy atom. The SMILES string of the molecule is Cc1cccc(N2CCN(CCCNC(=O)c3cccc4c(=O)c(C)c(-c5ccccc5)oc34)CC2)c1. The van der Waals surface area contributed by atoms with Gasteiger partial charge in [-0.15, -0.1) is 0 Å². The maximum Gasteiger partial charge on any atom is 0.255 e. The summed E-state index contributed by atoms with van der Waals surface area (Å²) in [5.41, 5.74) is 4.54. The molecule has 0 aliphatic carbocycles. The van der Waals surface area contributed by atoms with Gasteiger partial charge in [-0.1, -0.05) is 48.5 Å². The predicted molar refractivity (Wildman–Crippen MR) is 149 cm³/mol. The topological polar surface area (TPSA) is 65.8 Å². The molecule has 1 saturated heterocycles. The van der Waals surface area contributed by atoms with Gasteiger partial charge in [0.15, 0.2) is 11.0 Å². The van der Waals surface area contributed by atoms with Crippen LogP contribution >= 0.6 is 0 Å². The highest BCUT2D eigenvalue weighted by atomic mass is 16.3. The van der Waals surface area contributed by atoms with Gasteiger partial charge in [0.2, 0.25) is 0 Å². The number of hydrogen-bond acceptors (Lipinski definition) is 5. The molecule has 5 rings (SSSR count). The van der Waals surface area contributed by atoms with Crippen LogP contribution in [-0.2, 0) is 0 Å². The maximum absolute atomic E-state index is 13.1. The van der Waals surface area contributed by atoms with Crippen molar-refractivity contribution in [2.45, 2.75) is 20.3 Å². The molecule has 6 heteroatoms. The molecule has 2 heterocycles. The maximum atomic E-state index is 13.1. The molecule has 1 amide bonds. The first-order valence-electron chi connectivity index (χ1n) is 13.0. The van der Waals surface area contributed by atoms with Crippen molar-refractivity contribution < 1.29 is 9.21 Å². The van der Waals surface area contributed by atoms with E-state index in [0.29, 0.717) is 34.4 Å². The fraction of sp³-hybridized carbons (Fsp3) is 0.290. The minimum Gasteiger partial charge on any atom is -0.455 e. The number of para-hydroxylation sites is 1. The van der Waals surface area contributed by atoms with Gasteiger partial charge in [0, 0.05) is 49.5 Å². The van der Waals surface area contributed by atoms with E-state index in [1.165, 1.54) is 11.3 Å². The van der Waals surface area contributed by atoms with E-state index in [0.717, 1.165) is 44.7 Å². The van der Waals surface area contributed by atoms with Gasteiger partial charge in [-0.3, -0.25) is 14.5 Å². The summed E-state index contributed by atoms with van der Waals surface area (Å²) in [4.78, 5) is 31.0. The van der Waals surface area contributed by atoms with Gasteiger partial charge in [-0.2, -0.15) is 0 Å². The molecule has 1 aromatic heterocycles. The van der Waals surface area contributed by atoms with Crippen molar-refractivity contribution in [1.82, 2.24) is 10.2 Å². The summed E-state index contributed by atoms with van der Waals surface area (Å²) < 4.78 is 6.19. The third-order valence-corrected chi connectivity index (χ3v) is 7.10.